The van der Waals surface area contributed by atoms with Crippen molar-refractivity contribution in [1.82, 2.24) is 0 Å². The molecular formula is C12H10BrFO2. The van der Waals surface area contributed by atoms with Crippen LogP contribution < -0.4 is 0 Å². The summed E-state index contributed by atoms with van der Waals surface area (Å²) in [5.41, 5.74) is 0.465. The van der Waals surface area contributed by atoms with E-state index >= 15 is 0 Å². The molecule has 0 saturated carbocycles. The van der Waals surface area contributed by atoms with Crippen molar-refractivity contribution < 1.29 is 13.9 Å². The van der Waals surface area contributed by atoms with E-state index < -0.39 is 6.10 Å². The SMILES string of the molecule is OC(Cc1ccc(Br)cc1F)c1ccco1. The Balaban J connectivity index is 2.15. The van der Waals surface area contributed by atoms with Gasteiger partial charge in [0.15, 0.2) is 0 Å². The van der Waals surface area contributed by atoms with Gasteiger partial charge in [0, 0.05) is 10.9 Å². The predicted molar refractivity (Wildman–Crippen MR) is 61.5 cm³/mol. The van der Waals surface area contributed by atoms with E-state index in [0.717, 1.165) is 0 Å². The van der Waals surface area contributed by atoms with Crippen molar-refractivity contribution in [2.45, 2.75) is 12.5 Å². The van der Waals surface area contributed by atoms with Crippen LogP contribution in [0.3, 0.4) is 0 Å². The van der Waals surface area contributed by atoms with E-state index in [1.54, 1.807) is 24.3 Å². The molecule has 0 saturated heterocycles. The normalized spacial score (nSPS) is 12.7. The van der Waals surface area contributed by atoms with E-state index in [9.17, 15) is 9.50 Å². The van der Waals surface area contributed by atoms with Gasteiger partial charge in [-0.3, -0.25) is 0 Å². The van der Waals surface area contributed by atoms with E-state index in [4.69, 9.17) is 4.42 Å². The lowest BCUT2D eigenvalue weighted by atomic mass is 10.1. The fourth-order valence-electron chi connectivity index (χ4n) is 1.48. The molecule has 1 unspecified atom stereocenters. The van der Waals surface area contributed by atoms with Crippen molar-refractivity contribution >= 4 is 15.9 Å². The molecule has 0 aliphatic heterocycles. The third-order valence-electron chi connectivity index (χ3n) is 2.30. The van der Waals surface area contributed by atoms with Gasteiger partial charge in [-0.15, -0.1) is 0 Å². The van der Waals surface area contributed by atoms with Crippen molar-refractivity contribution in [1.29, 1.82) is 0 Å². The highest BCUT2D eigenvalue weighted by Crippen LogP contribution is 2.22. The van der Waals surface area contributed by atoms with Crippen LogP contribution >= 0.6 is 15.9 Å². The third kappa shape index (κ3) is 2.51. The zero-order chi connectivity index (χ0) is 11.5. The number of rotatable bonds is 3. The Hall–Kier alpha value is -1.13. The average Bonchev–Trinajstić information content (AvgIpc) is 2.75. The molecule has 0 fully saturated rings. The Morgan fingerprint density at radius 2 is 2.19 bits per heavy atom. The summed E-state index contributed by atoms with van der Waals surface area (Å²) in [6, 6.07) is 8.13. The van der Waals surface area contributed by atoms with Crippen molar-refractivity contribution in [2.24, 2.45) is 0 Å². The molecule has 1 N–H and O–H groups in total. The molecule has 84 valence electrons. The van der Waals surface area contributed by atoms with Crippen LogP contribution in [0.25, 0.3) is 0 Å². The van der Waals surface area contributed by atoms with Crippen LogP contribution in [0.2, 0.25) is 0 Å². The summed E-state index contributed by atoms with van der Waals surface area (Å²) in [6.07, 6.45) is 0.869. The third-order valence-corrected chi connectivity index (χ3v) is 2.79. The van der Waals surface area contributed by atoms with Crippen LogP contribution in [0.1, 0.15) is 17.4 Å². The van der Waals surface area contributed by atoms with E-state index in [0.29, 0.717) is 15.8 Å². The maximum absolute atomic E-state index is 13.5. The van der Waals surface area contributed by atoms with Gasteiger partial charge >= 0.3 is 0 Å². The number of benzene rings is 1. The van der Waals surface area contributed by atoms with Gasteiger partial charge < -0.3 is 9.52 Å². The number of halogens is 2. The molecule has 0 spiro atoms. The highest BCUT2D eigenvalue weighted by molar-refractivity contribution is 9.10. The Morgan fingerprint density at radius 1 is 1.38 bits per heavy atom. The van der Waals surface area contributed by atoms with E-state index in [1.807, 2.05) is 0 Å². The number of furan rings is 1. The minimum atomic E-state index is -0.814. The van der Waals surface area contributed by atoms with Crippen molar-refractivity contribution in [3.05, 3.63) is 58.2 Å². The minimum absolute atomic E-state index is 0.201. The molecule has 4 heteroatoms. The Labute approximate surface area is 101 Å². The largest absolute Gasteiger partial charge is 0.467 e. The zero-order valence-corrected chi connectivity index (χ0v) is 9.95. The summed E-state index contributed by atoms with van der Waals surface area (Å²) in [6.45, 7) is 0. The van der Waals surface area contributed by atoms with Crippen LogP contribution in [0.4, 0.5) is 4.39 Å². The van der Waals surface area contributed by atoms with Crippen LogP contribution in [0, 0.1) is 5.82 Å². The number of hydrogen-bond acceptors (Lipinski definition) is 2. The second-order valence-corrected chi connectivity index (χ2v) is 4.39. The van der Waals surface area contributed by atoms with Gasteiger partial charge in [-0.05, 0) is 29.8 Å². The molecule has 2 aromatic rings. The molecular weight excluding hydrogens is 275 g/mol. The molecule has 0 aliphatic carbocycles. The molecule has 16 heavy (non-hydrogen) atoms. The van der Waals surface area contributed by atoms with Gasteiger partial charge in [-0.2, -0.15) is 0 Å². The first kappa shape index (κ1) is 11.4. The quantitative estimate of drug-likeness (QED) is 0.937. The summed E-state index contributed by atoms with van der Waals surface area (Å²) in [4.78, 5) is 0. The first-order valence-corrected chi connectivity index (χ1v) is 5.61. The fraction of sp³-hybridized carbons (Fsp3) is 0.167. The molecule has 0 aliphatic rings. The van der Waals surface area contributed by atoms with E-state index in [-0.39, 0.29) is 12.2 Å². The number of aliphatic hydroxyl groups excluding tert-OH is 1. The molecule has 1 atom stereocenters. The highest BCUT2D eigenvalue weighted by Gasteiger charge is 2.13. The standard InChI is InChI=1S/C12H10BrFO2/c13-9-4-3-8(10(14)7-9)6-11(15)12-2-1-5-16-12/h1-5,7,11,15H,6H2. The lowest BCUT2D eigenvalue weighted by Crippen LogP contribution is -2.02. The summed E-state index contributed by atoms with van der Waals surface area (Å²) in [5, 5.41) is 9.78. The molecule has 0 bridgehead atoms. The van der Waals surface area contributed by atoms with Gasteiger partial charge in [0.1, 0.15) is 17.7 Å². The highest BCUT2D eigenvalue weighted by atomic mass is 79.9. The van der Waals surface area contributed by atoms with E-state index in [1.165, 1.54) is 12.3 Å². The summed E-state index contributed by atoms with van der Waals surface area (Å²) in [7, 11) is 0. The Morgan fingerprint density at radius 3 is 2.81 bits per heavy atom. The first-order chi connectivity index (χ1) is 7.66. The first-order valence-electron chi connectivity index (χ1n) is 4.82. The van der Waals surface area contributed by atoms with Crippen LogP contribution in [-0.4, -0.2) is 5.11 Å². The molecule has 0 radical (unpaired) electrons. The van der Waals surface area contributed by atoms with Gasteiger partial charge in [0.05, 0.1) is 6.26 Å². The second kappa shape index (κ2) is 4.80. The maximum Gasteiger partial charge on any atom is 0.132 e. The summed E-state index contributed by atoms with van der Waals surface area (Å²) in [5.74, 6) is 0.113. The van der Waals surface area contributed by atoms with Crippen molar-refractivity contribution in [3.63, 3.8) is 0 Å². The Bertz CT molecular complexity index is 468. The van der Waals surface area contributed by atoms with E-state index in [2.05, 4.69) is 15.9 Å². The smallest absolute Gasteiger partial charge is 0.132 e. The van der Waals surface area contributed by atoms with Crippen LogP contribution in [0.5, 0.6) is 0 Å². The molecule has 1 aromatic heterocycles. The topological polar surface area (TPSA) is 33.4 Å². The van der Waals surface area contributed by atoms with Crippen LogP contribution in [-0.2, 0) is 6.42 Å². The summed E-state index contributed by atoms with van der Waals surface area (Å²) >= 11 is 3.18. The zero-order valence-electron chi connectivity index (χ0n) is 8.36. The lowest BCUT2D eigenvalue weighted by Gasteiger charge is -2.08. The van der Waals surface area contributed by atoms with Gasteiger partial charge in [-0.1, -0.05) is 22.0 Å². The summed E-state index contributed by atoms with van der Waals surface area (Å²) < 4.78 is 19.2. The van der Waals surface area contributed by atoms with Crippen LogP contribution in [0.15, 0.2) is 45.5 Å². The average molecular weight is 285 g/mol. The second-order valence-electron chi connectivity index (χ2n) is 3.47. The van der Waals surface area contributed by atoms with Crippen molar-refractivity contribution in [3.8, 4) is 0 Å². The molecule has 1 aromatic carbocycles. The number of hydrogen-bond donors (Lipinski definition) is 1. The van der Waals surface area contributed by atoms with Crippen molar-refractivity contribution in [2.75, 3.05) is 0 Å². The van der Waals surface area contributed by atoms with Gasteiger partial charge in [0.2, 0.25) is 0 Å². The lowest BCUT2D eigenvalue weighted by molar-refractivity contribution is 0.149. The molecule has 1 heterocycles. The monoisotopic (exact) mass is 284 g/mol. The molecule has 2 nitrogen and oxygen atoms in total. The van der Waals surface area contributed by atoms with Gasteiger partial charge in [-0.25, -0.2) is 4.39 Å². The molecule has 0 amide bonds. The molecule has 2 rings (SSSR count). The Kier molecular flexibility index (Phi) is 3.41. The van der Waals surface area contributed by atoms with Gasteiger partial charge in [0.25, 0.3) is 0 Å². The maximum atomic E-state index is 13.5. The number of aliphatic hydroxyl groups is 1. The fourth-order valence-corrected chi connectivity index (χ4v) is 1.81. The minimum Gasteiger partial charge on any atom is -0.467 e. The predicted octanol–water partition coefficient (Wildman–Crippen LogP) is 3.46.